The minimum atomic E-state index is 0.418. The Labute approximate surface area is 116 Å². The fourth-order valence-corrected chi connectivity index (χ4v) is 2.70. The van der Waals surface area contributed by atoms with Gasteiger partial charge in [-0.15, -0.1) is 0 Å². The normalized spacial score (nSPS) is 23.3. The lowest BCUT2D eigenvalue weighted by Crippen LogP contribution is -2.35. The molecule has 1 aromatic carbocycles. The molecule has 0 bridgehead atoms. The van der Waals surface area contributed by atoms with Gasteiger partial charge in [-0.1, -0.05) is 19.1 Å². The van der Waals surface area contributed by atoms with Crippen molar-refractivity contribution in [2.75, 3.05) is 13.7 Å². The lowest BCUT2D eigenvalue weighted by Gasteiger charge is -2.29. The van der Waals surface area contributed by atoms with Gasteiger partial charge in [0, 0.05) is 6.04 Å². The van der Waals surface area contributed by atoms with Gasteiger partial charge in [0.25, 0.3) is 0 Å². The molecule has 0 atom stereocenters. The standard InChI is InChI=1S/C16H25NO2/c1-3-17-14-7-9-15(10-8-14)19-12-13-5-4-6-16(11-13)18-2/h4-6,11,14-15,17H,3,7-10,12H2,1-2H3. The average Bonchev–Trinajstić information content (AvgIpc) is 2.47. The van der Waals surface area contributed by atoms with Gasteiger partial charge < -0.3 is 14.8 Å². The number of rotatable bonds is 6. The van der Waals surface area contributed by atoms with Crippen LogP contribution in [0.4, 0.5) is 0 Å². The molecule has 0 aromatic heterocycles. The summed E-state index contributed by atoms with van der Waals surface area (Å²) in [5.41, 5.74) is 1.19. The number of ether oxygens (including phenoxy) is 2. The maximum absolute atomic E-state index is 6.01. The second kappa shape index (κ2) is 7.51. The van der Waals surface area contributed by atoms with Crippen LogP contribution in [0.5, 0.6) is 5.75 Å². The van der Waals surface area contributed by atoms with Crippen molar-refractivity contribution in [3.05, 3.63) is 29.8 Å². The number of hydrogen-bond acceptors (Lipinski definition) is 3. The zero-order chi connectivity index (χ0) is 13.5. The quantitative estimate of drug-likeness (QED) is 0.855. The van der Waals surface area contributed by atoms with Gasteiger partial charge in [-0.3, -0.25) is 0 Å². The summed E-state index contributed by atoms with van der Waals surface area (Å²) in [5, 5.41) is 3.52. The highest BCUT2D eigenvalue weighted by molar-refractivity contribution is 5.27. The molecule has 3 heteroatoms. The van der Waals surface area contributed by atoms with Gasteiger partial charge in [0.15, 0.2) is 0 Å². The molecule has 0 aliphatic heterocycles. The molecule has 1 fully saturated rings. The Kier molecular flexibility index (Phi) is 5.67. The minimum Gasteiger partial charge on any atom is -0.497 e. The Morgan fingerprint density at radius 3 is 2.68 bits per heavy atom. The molecule has 3 nitrogen and oxygen atoms in total. The van der Waals surface area contributed by atoms with Crippen molar-refractivity contribution in [3.63, 3.8) is 0 Å². The van der Waals surface area contributed by atoms with Crippen LogP contribution in [0.3, 0.4) is 0 Å². The fourth-order valence-electron chi connectivity index (χ4n) is 2.70. The van der Waals surface area contributed by atoms with E-state index in [1.807, 2.05) is 18.2 Å². The maximum Gasteiger partial charge on any atom is 0.119 e. The Hall–Kier alpha value is -1.06. The van der Waals surface area contributed by atoms with Crippen LogP contribution >= 0.6 is 0 Å². The summed E-state index contributed by atoms with van der Waals surface area (Å²) < 4.78 is 11.2. The maximum atomic E-state index is 6.01. The summed E-state index contributed by atoms with van der Waals surface area (Å²) >= 11 is 0. The van der Waals surface area contributed by atoms with Gasteiger partial charge in [0.2, 0.25) is 0 Å². The van der Waals surface area contributed by atoms with Gasteiger partial charge in [-0.25, -0.2) is 0 Å². The third kappa shape index (κ3) is 4.51. The molecule has 0 unspecified atom stereocenters. The summed E-state index contributed by atoms with van der Waals surface area (Å²) in [6.07, 6.45) is 5.22. The molecule has 1 aromatic rings. The van der Waals surface area contributed by atoms with E-state index in [-0.39, 0.29) is 0 Å². The van der Waals surface area contributed by atoms with E-state index in [1.165, 1.54) is 31.2 Å². The first kappa shape index (κ1) is 14.4. The Morgan fingerprint density at radius 1 is 1.21 bits per heavy atom. The first-order chi connectivity index (χ1) is 9.31. The zero-order valence-corrected chi connectivity index (χ0v) is 12.0. The van der Waals surface area contributed by atoms with E-state index >= 15 is 0 Å². The Bertz CT molecular complexity index is 373. The summed E-state index contributed by atoms with van der Waals surface area (Å²) in [5.74, 6) is 0.900. The molecule has 2 rings (SSSR count). The van der Waals surface area contributed by atoms with Crippen LogP contribution in [0.1, 0.15) is 38.2 Å². The lowest BCUT2D eigenvalue weighted by molar-refractivity contribution is 0.0114. The van der Waals surface area contributed by atoms with E-state index in [2.05, 4.69) is 18.3 Å². The SMILES string of the molecule is CCNC1CCC(OCc2cccc(OC)c2)CC1. The third-order valence-corrected chi connectivity index (χ3v) is 3.79. The van der Waals surface area contributed by atoms with Crippen LogP contribution < -0.4 is 10.1 Å². The average molecular weight is 263 g/mol. The van der Waals surface area contributed by atoms with Crippen molar-refractivity contribution in [2.24, 2.45) is 0 Å². The molecule has 1 aliphatic rings. The number of hydrogen-bond donors (Lipinski definition) is 1. The number of methoxy groups -OCH3 is 1. The molecule has 19 heavy (non-hydrogen) atoms. The van der Waals surface area contributed by atoms with E-state index in [0.29, 0.717) is 18.8 Å². The van der Waals surface area contributed by atoms with Crippen molar-refractivity contribution < 1.29 is 9.47 Å². The molecular weight excluding hydrogens is 238 g/mol. The molecule has 0 saturated heterocycles. The van der Waals surface area contributed by atoms with Crippen molar-refractivity contribution in [3.8, 4) is 5.75 Å². The van der Waals surface area contributed by atoms with Gasteiger partial charge in [-0.2, -0.15) is 0 Å². The summed E-state index contributed by atoms with van der Waals surface area (Å²) in [6, 6.07) is 8.81. The molecular formula is C16H25NO2. The van der Waals surface area contributed by atoms with Gasteiger partial charge >= 0.3 is 0 Å². The van der Waals surface area contributed by atoms with E-state index in [9.17, 15) is 0 Å². The molecule has 0 heterocycles. The predicted octanol–water partition coefficient (Wildman–Crippen LogP) is 3.13. The van der Waals surface area contributed by atoms with Crippen molar-refractivity contribution in [1.82, 2.24) is 5.32 Å². The van der Waals surface area contributed by atoms with E-state index in [1.54, 1.807) is 7.11 Å². The van der Waals surface area contributed by atoms with Gasteiger partial charge in [-0.05, 0) is 49.9 Å². The first-order valence-corrected chi connectivity index (χ1v) is 7.29. The summed E-state index contributed by atoms with van der Waals surface area (Å²) in [4.78, 5) is 0. The van der Waals surface area contributed by atoms with Crippen LogP contribution in [-0.4, -0.2) is 25.8 Å². The summed E-state index contributed by atoms with van der Waals surface area (Å²) in [6.45, 7) is 3.93. The molecule has 106 valence electrons. The monoisotopic (exact) mass is 263 g/mol. The van der Waals surface area contributed by atoms with Gasteiger partial charge in [0.05, 0.1) is 19.8 Å². The Morgan fingerprint density at radius 2 is 2.00 bits per heavy atom. The van der Waals surface area contributed by atoms with E-state index in [0.717, 1.165) is 12.3 Å². The van der Waals surface area contributed by atoms with Crippen LogP contribution in [-0.2, 0) is 11.3 Å². The number of benzene rings is 1. The first-order valence-electron chi connectivity index (χ1n) is 7.29. The zero-order valence-electron chi connectivity index (χ0n) is 12.0. The molecule has 1 saturated carbocycles. The lowest BCUT2D eigenvalue weighted by atomic mass is 9.93. The largest absolute Gasteiger partial charge is 0.497 e. The molecule has 1 aliphatic carbocycles. The van der Waals surface area contributed by atoms with Crippen LogP contribution in [0.15, 0.2) is 24.3 Å². The molecule has 0 radical (unpaired) electrons. The van der Waals surface area contributed by atoms with Crippen LogP contribution in [0.25, 0.3) is 0 Å². The molecule has 0 spiro atoms. The fraction of sp³-hybridized carbons (Fsp3) is 0.625. The predicted molar refractivity (Wildman–Crippen MR) is 77.5 cm³/mol. The number of nitrogens with one attached hydrogen (secondary N) is 1. The van der Waals surface area contributed by atoms with Gasteiger partial charge in [0.1, 0.15) is 5.75 Å². The molecule has 0 amide bonds. The second-order valence-electron chi connectivity index (χ2n) is 5.19. The van der Waals surface area contributed by atoms with E-state index < -0.39 is 0 Å². The second-order valence-corrected chi connectivity index (χ2v) is 5.19. The van der Waals surface area contributed by atoms with Crippen LogP contribution in [0, 0.1) is 0 Å². The Balaban J connectivity index is 1.74. The smallest absolute Gasteiger partial charge is 0.119 e. The molecule has 1 N–H and O–H groups in total. The minimum absolute atomic E-state index is 0.418. The highest BCUT2D eigenvalue weighted by Crippen LogP contribution is 2.23. The third-order valence-electron chi connectivity index (χ3n) is 3.79. The van der Waals surface area contributed by atoms with Crippen molar-refractivity contribution in [2.45, 2.75) is 51.4 Å². The van der Waals surface area contributed by atoms with Crippen molar-refractivity contribution >= 4 is 0 Å². The van der Waals surface area contributed by atoms with Crippen LogP contribution in [0.2, 0.25) is 0 Å². The van der Waals surface area contributed by atoms with E-state index in [4.69, 9.17) is 9.47 Å². The van der Waals surface area contributed by atoms with Crippen molar-refractivity contribution in [1.29, 1.82) is 0 Å². The topological polar surface area (TPSA) is 30.5 Å². The highest BCUT2D eigenvalue weighted by atomic mass is 16.5. The highest BCUT2D eigenvalue weighted by Gasteiger charge is 2.20. The summed E-state index contributed by atoms with van der Waals surface area (Å²) in [7, 11) is 1.70.